The number of aryl methyl sites for hydroxylation is 2. The van der Waals surface area contributed by atoms with Gasteiger partial charge in [0, 0.05) is 18.2 Å². The smallest absolute Gasteiger partial charge is 0.227 e. The molecule has 2 heterocycles. The molecule has 2 fully saturated rings. The number of rotatable bonds is 5. The molecule has 0 aromatic carbocycles. The monoisotopic (exact) mass is 306 g/mol. The Bertz CT molecular complexity index is 517. The molecule has 2 aliphatic rings. The summed E-state index contributed by atoms with van der Waals surface area (Å²) in [6.07, 6.45) is 5.52. The minimum Gasteiger partial charge on any atom is -0.378 e. The van der Waals surface area contributed by atoms with Crippen molar-refractivity contribution in [1.29, 1.82) is 0 Å². The van der Waals surface area contributed by atoms with E-state index >= 15 is 0 Å². The van der Waals surface area contributed by atoms with Gasteiger partial charge in [-0.3, -0.25) is 4.79 Å². The van der Waals surface area contributed by atoms with Gasteiger partial charge in [-0.1, -0.05) is 12.1 Å². The van der Waals surface area contributed by atoms with Gasteiger partial charge in [-0.25, -0.2) is 0 Å². The molecule has 1 amide bonds. The van der Waals surface area contributed by atoms with Crippen molar-refractivity contribution in [3.05, 3.63) is 17.0 Å². The van der Waals surface area contributed by atoms with Crippen molar-refractivity contribution in [2.75, 3.05) is 6.61 Å². The van der Waals surface area contributed by atoms with E-state index < -0.39 is 0 Å². The average Bonchev–Trinajstić information content (AvgIpc) is 3.30. The van der Waals surface area contributed by atoms with Crippen LogP contribution in [-0.4, -0.2) is 29.8 Å². The molecule has 5 nitrogen and oxygen atoms in total. The van der Waals surface area contributed by atoms with Gasteiger partial charge in [-0.2, -0.15) is 0 Å². The van der Waals surface area contributed by atoms with Crippen molar-refractivity contribution in [2.24, 2.45) is 5.92 Å². The van der Waals surface area contributed by atoms with Crippen LogP contribution in [0.3, 0.4) is 0 Å². The molecule has 1 saturated heterocycles. The fourth-order valence-electron chi connectivity index (χ4n) is 3.57. The number of nitrogens with zero attached hydrogens (tertiary/aromatic N) is 1. The van der Waals surface area contributed by atoms with E-state index in [1.807, 2.05) is 20.8 Å². The number of carbonyl (C=O) groups excluding carboxylic acids is 1. The van der Waals surface area contributed by atoms with Crippen LogP contribution in [-0.2, 0) is 9.53 Å². The molecule has 3 atom stereocenters. The van der Waals surface area contributed by atoms with Gasteiger partial charge in [0.05, 0.1) is 17.7 Å². The molecule has 1 aliphatic carbocycles. The summed E-state index contributed by atoms with van der Waals surface area (Å²) in [5.41, 5.74) is 1.77. The van der Waals surface area contributed by atoms with Crippen LogP contribution in [0.4, 0.5) is 0 Å². The highest BCUT2D eigenvalue weighted by atomic mass is 16.5. The normalized spacial score (nSPS) is 26.7. The molecule has 1 aromatic heterocycles. The summed E-state index contributed by atoms with van der Waals surface area (Å²) in [5, 5.41) is 7.22. The Balaban J connectivity index is 1.64. The number of amides is 1. The lowest BCUT2D eigenvalue weighted by atomic mass is 9.92. The van der Waals surface area contributed by atoms with Crippen molar-refractivity contribution in [3.8, 4) is 0 Å². The lowest BCUT2D eigenvalue weighted by molar-refractivity contribution is -0.124. The van der Waals surface area contributed by atoms with Gasteiger partial charge < -0.3 is 14.6 Å². The van der Waals surface area contributed by atoms with Gasteiger partial charge in [0.15, 0.2) is 0 Å². The summed E-state index contributed by atoms with van der Waals surface area (Å²) in [5.74, 6) is 1.40. The molecule has 1 saturated carbocycles. The van der Waals surface area contributed by atoms with E-state index in [0.29, 0.717) is 6.10 Å². The topological polar surface area (TPSA) is 64.4 Å². The van der Waals surface area contributed by atoms with E-state index in [2.05, 4.69) is 10.5 Å². The molecular weight excluding hydrogens is 280 g/mol. The van der Waals surface area contributed by atoms with Crippen molar-refractivity contribution < 1.29 is 14.1 Å². The first-order valence-electron chi connectivity index (χ1n) is 8.44. The van der Waals surface area contributed by atoms with Gasteiger partial charge in [-0.15, -0.1) is 0 Å². The minimum atomic E-state index is -0.173. The van der Waals surface area contributed by atoms with Gasteiger partial charge in [0.2, 0.25) is 5.91 Å². The quantitative estimate of drug-likeness (QED) is 0.908. The third-order valence-electron chi connectivity index (χ3n) is 4.97. The van der Waals surface area contributed by atoms with Crippen molar-refractivity contribution in [1.82, 2.24) is 10.5 Å². The molecule has 22 heavy (non-hydrogen) atoms. The van der Waals surface area contributed by atoms with Crippen LogP contribution >= 0.6 is 0 Å². The predicted molar refractivity (Wildman–Crippen MR) is 82.6 cm³/mol. The Labute approximate surface area is 131 Å². The molecule has 1 aromatic rings. The zero-order chi connectivity index (χ0) is 15.7. The Morgan fingerprint density at radius 1 is 1.36 bits per heavy atom. The van der Waals surface area contributed by atoms with E-state index in [9.17, 15) is 4.79 Å². The number of carbonyl (C=O) groups is 1. The summed E-state index contributed by atoms with van der Waals surface area (Å²) in [7, 11) is 0. The molecule has 0 spiro atoms. The summed E-state index contributed by atoms with van der Waals surface area (Å²) in [4.78, 5) is 12.7. The van der Waals surface area contributed by atoms with Crippen LogP contribution in [0.15, 0.2) is 4.52 Å². The largest absolute Gasteiger partial charge is 0.378 e. The first-order chi connectivity index (χ1) is 10.6. The third kappa shape index (κ3) is 3.19. The van der Waals surface area contributed by atoms with E-state index in [1.165, 1.54) is 12.8 Å². The summed E-state index contributed by atoms with van der Waals surface area (Å²) >= 11 is 0. The summed E-state index contributed by atoms with van der Waals surface area (Å²) < 4.78 is 11.1. The second-order valence-electron chi connectivity index (χ2n) is 6.68. The number of aromatic nitrogens is 1. The molecular formula is C17H26N2O3. The molecule has 3 unspecified atom stereocenters. The maximum absolute atomic E-state index is 12.7. The Hall–Kier alpha value is -1.36. The molecule has 122 valence electrons. The number of ether oxygens (including phenoxy) is 1. The highest BCUT2D eigenvalue weighted by molar-refractivity contribution is 5.84. The number of hydrogen-bond acceptors (Lipinski definition) is 4. The second kappa shape index (κ2) is 6.41. The maximum Gasteiger partial charge on any atom is 0.227 e. The number of hydrogen-bond donors (Lipinski definition) is 1. The van der Waals surface area contributed by atoms with Crippen LogP contribution in [0.1, 0.15) is 62.0 Å². The third-order valence-corrected chi connectivity index (χ3v) is 4.97. The number of nitrogens with one attached hydrogen (secondary N) is 1. The fourth-order valence-corrected chi connectivity index (χ4v) is 3.57. The van der Waals surface area contributed by atoms with Crippen molar-refractivity contribution in [3.63, 3.8) is 0 Å². The predicted octanol–water partition coefficient (Wildman–Crippen LogP) is 2.86. The van der Waals surface area contributed by atoms with Gasteiger partial charge in [0.1, 0.15) is 5.76 Å². The standard InChI is InChI=1S/C17H26N2O3/c1-4-14(16-10(2)19-22-11(16)3)17(20)18-13-7-8-21-15(9-13)12-5-6-12/h12-15H,4-9H2,1-3H3,(H,18,20). The van der Waals surface area contributed by atoms with Crippen LogP contribution in [0.25, 0.3) is 0 Å². The first-order valence-corrected chi connectivity index (χ1v) is 8.44. The highest BCUT2D eigenvalue weighted by Crippen LogP contribution is 2.38. The Kier molecular flexibility index (Phi) is 4.52. The molecule has 3 rings (SSSR count). The Morgan fingerprint density at radius 3 is 2.73 bits per heavy atom. The van der Waals surface area contributed by atoms with Gasteiger partial charge in [-0.05, 0) is 51.9 Å². The molecule has 0 bridgehead atoms. The zero-order valence-electron chi connectivity index (χ0n) is 13.7. The Morgan fingerprint density at radius 2 is 2.14 bits per heavy atom. The second-order valence-corrected chi connectivity index (χ2v) is 6.68. The fraction of sp³-hybridized carbons (Fsp3) is 0.765. The molecule has 0 radical (unpaired) electrons. The van der Waals surface area contributed by atoms with E-state index in [4.69, 9.17) is 9.26 Å². The maximum atomic E-state index is 12.7. The van der Waals surface area contributed by atoms with Gasteiger partial charge >= 0.3 is 0 Å². The lowest BCUT2D eigenvalue weighted by Gasteiger charge is -2.31. The average molecular weight is 306 g/mol. The van der Waals surface area contributed by atoms with E-state index in [1.54, 1.807) is 0 Å². The first kappa shape index (κ1) is 15.5. The van der Waals surface area contributed by atoms with Crippen LogP contribution in [0.2, 0.25) is 0 Å². The van der Waals surface area contributed by atoms with Crippen LogP contribution in [0, 0.1) is 19.8 Å². The molecule has 1 aliphatic heterocycles. The lowest BCUT2D eigenvalue weighted by Crippen LogP contribution is -2.44. The SMILES string of the molecule is CCC(C(=O)NC1CCOC(C2CC2)C1)c1c(C)noc1C. The van der Waals surface area contributed by atoms with Crippen molar-refractivity contribution >= 4 is 5.91 Å². The van der Waals surface area contributed by atoms with E-state index in [0.717, 1.165) is 48.8 Å². The highest BCUT2D eigenvalue weighted by Gasteiger charge is 2.37. The zero-order valence-corrected chi connectivity index (χ0v) is 13.7. The van der Waals surface area contributed by atoms with Crippen LogP contribution in [0.5, 0.6) is 0 Å². The summed E-state index contributed by atoms with van der Waals surface area (Å²) in [6, 6.07) is 0.237. The van der Waals surface area contributed by atoms with Crippen LogP contribution < -0.4 is 5.32 Å². The molecule has 1 N–H and O–H groups in total. The minimum absolute atomic E-state index is 0.0957. The summed E-state index contributed by atoms with van der Waals surface area (Å²) in [6.45, 7) is 6.57. The van der Waals surface area contributed by atoms with Gasteiger partial charge in [0.25, 0.3) is 0 Å². The van der Waals surface area contributed by atoms with E-state index in [-0.39, 0.29) is 17.9 Å². The van der Waals surface area contributed by atoms with Crippen molar-refractivity contribution in [2.45, 2.75) is 70.9 Å². The molecule has 5 heteroatoms.